The Hall–Kier alpha value is -4.23. The Balaban J connectivity index is 1.20. The van der Waals surface area contributed by atoms with E-state index in [1.54, 1.807) is 24.7 Å². The van der Waals surface area contributed by atoms with Gasteiger partial charge in [-0.25, -0.2) is 23.7 Å². The lowest BCUT2D eigenvalue weighted by atomic mass is 9.83. The summed E-state index contributed by atoms with van der Waals surface area (Å²) < 4.78 is 32.6. The molecule has 5 heterocycles. The molecule has 1 saturated heterocycles. The molecule has 11 nitrogen and oxygen atoms in total. The number of pyridine rings is 2. The third-order valence-electron chi connectivity index (χ3n) is 8.09. The zero-order chi connectivity index (χ0) is 30.5. The van der Waals surface area contributed by atoms with Gasteiger partial charge in [-0.15, -0.1) is 0 Å². The predicted octanol–water partition coefficient (Wildman–Crippen LogP) is 5.00. The summed E-state index contributed by atoms with van der Waals surface area (Å²) in [6.07, 6.45) is 9.93. The third-order valence-corrected chi connectivity index (χ3v) is 8.09. The summed E-state index contributed by atoms with van der Waals surface area (Å²) in [7, 11) is 0. The zero-order valence-corrected chi connectivity index (χ0v) is 24.7. The van der Waals surface area contributed by atoms with Crippen LogP contribution in [0.25, 0.3) is 22.6 Å². The molecule has 44 heavy (non-hydrogen) atoms. The molecule has 6 rings (SSSR count). The average molecular weight is 606 g/mol. The van der Waals surface area contributed by atoms with Crippen LogP contribution in [0.5, 0.6) is 5.75 Å². The standard InChI is InChI=1S/C31H37F2N9O2/c1-31(43)8-5-22(6-9-31)38-26-15-29(39-28-7-10-34-30(40-28)21-16-37-42(19-21)20-27(32)33)36-18-24(26)25-4-3-23(17-35-25)44-14-13-41-11-2-12-41/h3-4,7,10,15-19,22,27,43H,2,5-6,8-9,11-14,20H2,1H3,(H2,34,36,38,39,40). The van der Waals surface area contributed by atoms with Crippen LogP contribution in [-0.4, -0.2) is 84.0 Å². The molecule has 2 fully saturated rings. The SMILES string of the molecule is CC1(O)CCC(Nc2cc(Nc3ccnc(-c4cnn(CC(F)F)c4)n3)ncc2-c2ccc(OCCN3CCC3)cn2)CC1. The lowest BCUT2D eigenvalue weighted by molar-refractivity contribution is 0.0196. The van der Waals surface area contributed by atoms with Crippen molar-refractivity contribution in [1.82, 2.24) is 34.6 Å². The van der Waals surface area contributed by atoms with Crippen molar-refractivity contribution in [1.29, 1.82) is 0 Å². The van der Waals surface area contributed by atoms with Crippen molar-refractivity contribution in [3.63, 3.8) is 0 Å². The summed E-state index contributed by atoms with van der Waals surface area (Å²) in [6.45, 7) is 5.22. The van der Waals surface area contributed by atoms with Crippen LogP contribution in [-0.2, 0) is 6.54 Å². The van der Waals surface area contributed by atoms with Crippen molar-refractivity contribution in [3.8, 4) is 28.4 Å². The van der Waals surface area contributed by atoms with E-state index in [2.05, 4.69) is 40.6 Å². The highest BCUT2D eigenvalue weighted by Gasteiger charge is 2.29. The van der Waals surface area contributed by atoms with Gasteiger partial charge in [0, 0.05) is 48.5 Å². The fourth-order valence-corrected chi connectivity index (χ4v) is 5.39. The molecular formula is C31H37F2N9O2. The molecule has 0 atom stereocenters. The first-order chi connectivity index (χ1) is 21.3. The predicted molar refractivity (Wildman–Crippen MR) is 163 cm³/mol. The van der Waals surface area contributed by atoms with E-state index in [9.17, 15) is 13.9 Å². The minimum Gasteiger partial charge on any atom is -0.491 e. The number of aromatic nitrogens is 6. The first-order valence-corrected chi connectivity index (χ1v) is 15.0. The second-order valence-corrected chi connectivity index (χ2v) is 11.7. The first-order valence-electron chi connectivity index (χ1n) is 15.0. The van der Waals surface area contributed by atoms with Crippen LogP contribution in [0.2, 0.25) is 0 Å². The van der Waals surface area contributed by atoms with Crippen molar-refractivity contribution in [3.05, 3.63) is 55.2 Å². The van der Waals surface area contributed by atoms with Gasteiger partial charge in [0.05, 0.1) is 29.3 Å². The number of halogens is 2. The maximum absolute atomic E-state index is 12.8. The Morgan fingerprint density at radius 3 is 2.64 bits per heavy atom. The molecule has 0 spiro atoms. The highest BCUT2D eigenvalue weighted by atomic mass is 19.3. The summed E-state index contributed by atoms with van der Waals surface area (Å²) in [4.78, 5) is 20.5. The number of anilines is 3. The van der Waals surface area contributed by atoms with Crippen molar-refractivity contribution in [2.75, 3.05) is 36.9 Å². The number of hydrogen-bond donors (Lipinski definition) is 3. The number of likely N-dealkylation sites (tertiary alicyclic amines) is 1. The minimum absolute atomic E-state index is 0.184. The van der Waals surface area contributed by atoms with E-state index in [0.29, 0.717) is 29.6 Å². The van der Waals surface area contributed by atoms with Crippen LogP contribution in [0.3, 0.4) is 0 Å². The maximum Gasteiger partial charge on any atom is 0.257 e. The number of rotatable bonds is 12. The van der Waals surface area contributed by atoms with Crippen LogP contribution < -0.4 is 15.4 Å². The van der Waals surface area contributed by atoms with Gasteiger partial charge in [-0.05, 0) is 70.3 Å². The molecular weight excluding hydrogens is 568 g/mol. The molecule has 4 aromatic rings. The van der Waals surface area contributed by atoms with E-state index >= 15 is 0 Å². The fraction of sp³-hybridized carbons (Fsp3) is 0.452. The Morgan fingerprint density at radius 2 is 1.91 bits per heavy atom. The summed E-state index contributed by atoms with van der Waals surface area (Å²) >= 11 is 0. The van der Waals surface area contributed by atoms with Gasteiger partial charge >= 0.3 is 0 Å². The van der Waals surface area contributed by atoms with Crippen LogP contribution in [0, 0.1) is 0 Å². The van der Waals surface area contributed by atoms with Gasteiger partial charge in [0.2, 0.25) is 0 Å². The van der Waals surface area contributed by atoms with E-state index in [0.717, 1.165) is 68.0 Å². The molecule has 0 bridgehead atoms. The second kappa shape index (κ2) is 13.2. The molecule has 232 valence electrons. The van der Waals surface area contributed by atoms with E-state index < -0.39 is 18.6 Å². The van der Waals surface area contributed by atoms with Gasteiger partial charge < -0.3 is 20.5 Å². The largest absolute Gasteiger partial charge is 0.491 e. The highest BCUT2D eigenvalue weighted by Crippen LogP contribution is 2.34. The Morgan fingerprint density at radius 1 is 1.07 bits per heavy atom. The van der Waals surface area contributed by atoms with Crippen molar-refractivity contribution >= 4 is 17.3 Å². The molecule has 3 N–H and O–H groups in total. The van der Waals surface area contributed by atoms with Crippen LogP contribution in [0.1, 0.15) is 39.0 Å². The molecule has 13 heteroatoms. The van der Waals surface area contributed by atoms with Gasteiger partial charge in [-0.2, -0.15) is 5.10 Å². The molecule has 1 aliphatic heterocycles. The molecule has 0 unspecified atom stereocenters. The van der Waals surface area contributed by atoms with Crippen molar-refractivity contribution in [2.24, 2.45) is 0 Å². The number of ether oxygens (including phenoxy) is 1. The second-order valence-electron chi connectivity index (χ2n) is 11.7. The van der Waals surface area contributed by atoms with Crippen LogP contribution in [0.15, 0.2) is 55.2 Å². The smallest absolute Gasteiger partial charge is 0.257 e. The maximum atomic E-state index is 12.8. The number of nitrogens with one attached hydrogen (secondary N) is 2. The summed E-state index contributed by atoms with van der Waals surface area (Å²) in [5.41, 5.74) is 2.35. The van der Waals surface area contributed by atoms with Gasteiger partial charge in [0.1, 0.15) is 30.5 Å². The van der Waals surface area contributed by atoms with Crippen LogP contribution in [0.4, 0.5) is 26.1 Å². The molecule has 1 aliphatic carbocycles. The number of aliphatic hydroxyl groups is 1. The van der Waals surface area contributed by atoms with Crippen LogP contribution >= 0.6 is 0 Å². The molecule has 2 aliphatic rings. The minimum atomic E-state index is -2.50. The number of nitrogens with zero attached hydrogens (tertiary/aromatic N) is 7. The molecule has 0 radical (unpaired) electrons. The number of hydrogen-bond acceptors (Lipinski definition) is 10. The quantitative estimate of drug-likeness (QED) is 0.203. The van der Waals surface area contributed by atoms with Crippen molar-refractivity contribution < 1.29 is 18.6 Å². The van der Waals surface area contributed by atoms with Gasteiger partial charge in [0.15, 0.2) is 5.82 Å². The molecule has 4 aromatic heterocycles. The normalized spacial score (nSPS) is 20.3. The van der Waals surface area contributed by atoms with E-state index in [1.165, 1.54) is 23.5 Å². The monoisotopic (exact) mass is 605 g/mol. The van der Waals surface area contributed by atoms with Gasteiger partial charge in [-0.1, -0.05) is 0 Å². The summed E-state index contributed by atoms with van der Waals surface area (Å²) in [6, 6.07) is 7.68. The number of alkyl halides is 2. The fourth-order valence-electron chi connectivity index (χ4n) is 5.39. The van der Waals surface area contributed by atoms with E-state index in [1.807, 2.05) is 25.1 Å². The van der Waals surface area contributed by atoms with E-state index in [4.69, 9.17) is 4.74 Å². The summed E-state index contributed by atoms with van der Waals surface area (Å²) in [5, 5.41) is 21.3. The topological polar surface area (TPSA) is 126 Å². The lowest BCUT2D eigenvalue weighted by Crippen LogP contribution is -2.39. The lowest BCUT2D eigenvalue weighted by Gasteiger charge is -2.34. The van der Waals surface area contributed by atoms with Crippen molar-refractivity contribution in [2.45, 2.75) is 63.6 Å². The molecule has 0 aromatic carbocycles. The highest BCUT2D eigenvalue weighted by molar-refractivity contribution is 5.78. The first kappa shape index (κ1) is 29.8. The third kappa shape index (κ3) is 7.64. The van der Waals surface area contributed by atoms with Gasteiger partial charge in [0.25, 0.3) is 6.43 Å². The van der Waals surface area contributed by atoms with E-state index in [-0.39, 0.29) is 6.04 Å². The Labute approximate surface area is 254 Å². The summed E-state index contributed by atoms with van der Waals surface area (Å²) in [5.74, 6) is 2.14. The van der Waals surface area contributed by atoms with Gasteiger partial charge in [-0.3, -0.25) is 14.6 Å². The Bertz CT molecular complexity index is 1530. The molecule has 0 amide bonds. The zero-order valence-electron chi connectivity index (χ0n) is 24.7. The molecule has 1 saturated carbocycles. The average Bonchev–Trinajstić information content (AvgIpc) is 3.44. The Kier molecular flexibility index (Phi) is 8.94.